The molecule has 7 nitrogen and oxygen atoms in total. The Labute approximate surface area is 182 Å². The zero-order valence-corrected chi connectivity index (χ0v) is 18.2. The third-order valence-corrected chi connectivity index (χ3v) is 5.80. The van der Waals surface area contributed by atoms with Crippen LogP contribution in [-0.4, -0.2) is 63.6 Å². The van der Waals surface area contributed by atoms with E-state index in [0.29, 0.717) is 23.7 Å². The minimum atomic E-state index is 0.628. The number of ether oxygens (including phenoxy) is 4. The van der Waals surface area contributed by atoms with E-state index < -0.39 is 0 Å². The molecule has 0 spiro atoms. The van der Waals surface area contributed by atoms with E-state index in [0.717, 1.165) is 60.6 Å². The molecule has 1 saturated heterocycles. The molecule has 0 atom stereocenters. The van der Waals surface area contributed by atoms with Crippen molar-refractivity contribution in [1.82, 2.24) is 9.47 Å². The van der Waals surface area contributed by atoms with Gasteiger partial charge >= 0.3 is 0 Å². The Morgan fingerprint density at radius 2 is 1.61 bits per heavy atom. The van der Waals surface area contributed by atoms with Gasteiger partial charge in [-0.15, -0.1) is 0 Å². The Bertz CT molecular complexity index is 1090. The number of rotatable bonds is 7. The molecule has 0 amide bonds. The van der Waals surface area contributed by atoms with Gasteiger partial charge in [0.25, 0.3) is 0 Å². The summed E-state index contributed by atoms with van der Waals surface area (Å²) in [4.78, 5) is 2.37. The van der Waals surface area contributed by atoms with Crippen molar-refractivity contribution in [2.75, 3.05) is 54.2 Å². The summed E-state index contributed by atoms with van der Waals surface area (Å²) in [6.45, 7) is 4.86. The monoisotopic (exact) mass is 421 g/mol. The van der Waals surface area contributed by atoms with Gasteiger partial charge in [-0.3, -0.25) is 4.90 Å². The van der Waals surface area contributed by atoms with Gasteiger partial charge in [-0.2, -0.15) is 5.26 Å². The van der Waals surface area contributed by atoms with Crippen molar-refractivity contribution in [1.29, 1.82) is 5.26 Å². The molecular formula is C24H27N3O4. The average molecular weight is 421 g/mol. The highest BCUT2D eigenvalue weighted by molar-refractivity contribution is 6.01. The lowest BCUT2D eigenvalue weighted by atomic mass is 10.0. The third-order valence-electron chi connectivity index (χ3n) is 5.80. The summed E-state index contributed by atoms with van der Waals surface area (Å²) in [7, 11) is 4.89. The van der Waals surface area contributed by atoms with Crippen LogP contribution in [0, 0.1) is 11.3 Å². The summed E-state index contributed by atoms with van der Waals surface area (Å²) < 4.78 is 24.0. The van der Waals surface area contributed by atoms with E-state index >= 15 is 0 Å². The Hall–Kier alpha value is -3.21. The second kappa shape index (κ2) is 9.29. The molecule has 1 fully saturated rings. The highest BCUT2D eigenvalue weighted by atomic mass is 16.5. The molecule has 0 radical (unpaired) electrons. The number of benzene rings is 2. The molecule has 7 heteroatoms. The van der Waals surface area contributed by atoms with E-state index in [-0.39, 0.29) is 0 Å². The Morgan fingerprint density at radius 1 is 0.935 bits per heavy atom. The number of hydrogen-bond acceptors (Lipinski definition) is 6. The molecule has 31 heavy (non-hydrogen) atoms. The van der Waals surface area contributed by atoms with Crippen LogP contribution in [0.25, 0.3) is 22.0 Å². The van der Waals surface area contributed by atoms with Crippen LogP contribution in [0.15, 0.2) is 36.4 Å². The molecule has 0 N–H and O–H groups in total. The molecule has 2 heterocycles. The van der Waals surface area contributed by atoms with E-state index in [1.807, 2.05) is 36.4 Å². The van der Waals surface area contributed by atoms with Crippen LogP contribution in [-0.2, 0) is 11.3 Å². The van der Waals surface area contributed by atoms with Crippen molar-refractivity contribution in [2.24, 2.45) is 0 Å². The van der Waals surface area contributed by atoms with Gasteiger partial charge in [0, 0.05) is 43.2 Å². The number of morpholine rings is 1. The second-order valence-corrected chi connectivity index (χ2v) is 7.39. The number of nitriles is 1. The molecule has 162 valence electrons. The Balaban J connectivity index is 1.86. The second-order valence-electron chi connectivity index (χ2n) is 7.39. The molecule has 1 aliphatic rings. The van der Waals surface area contributed by atoms with Crippen LogP contribution in [0.5, 0.6) is 17.2 Å². The van der Waals surface area contributed by atoms with Crippen molar-refractivity contribution in [2.45, 2.75) is 6.54 Å². The van der Waals surface area contributed by atoms with Crippen LogP contribution in [0.1, 0.15) is 5.69 Å². The van der Waals surface area contributed by atoms with Crippen LogP contribution < -0.4 is 14.2 Å². The summed E-state index contributed by atoms with van der Waals surface area (Å²) >= 11 is 0. The van der Waals surface area contributed by atoms with E-state index in [9.17, 15) is 5.26 Å². The Morgan fingerprint density at radius 3 is 2.23 bits per heavy atom. The maximum atomic E-state index is 10.2. The van der Waals surface area contributed by atoms with Gasteiger partial charge in [-0.1, -0.05) is 12.1 Å². The fourth-order valence-corrected chi connectivity index (χ4v) is 4.14. The van der Waals surface area contributed by atoms with Gasteiger partial charge in [-0.05, 0) is 23.8 Å². The Kier molecular flexibility index (Phi) is 6.31. The first-order valence-corrected chi connectivity index (χ1v) is 10.3. The molecular weight excluding hydrogens is 394 g/mol. The first kappa shape index (κ1) is 21.0. The lowest BCUT2D eigenvalue weighted by Gasteiger charge is -2.26. The van der Waals surface area contributed by atoms with E-state index in [1.165, 1.54) is 0 Å². The third kappa shape index (κ3) is 4.05. The maximum absolute atomic E-state index is 10.2. The predicted octanol–water partition coefficient (Wildman–Crippen LogP) is 3.54. The molecule has 1 aromatic heterocycles. The molecule has 4 rings (SSSR count). The van der Waals surface area contributed by atoms with Crippen molar-refractivity contribution in [3.05, 3.63) is 42.1 Å². The average Bonchev–Trinajstić information content (AvgIpc) is 3.14. The molecule has 0 saturated carbocycles. The number of nitrogens with zero attached hydrogens (tertiary/aromatic N) is 3. The van der Waals surface area contributed by atoms with Gasteiger partial charge in [-0.25, -0.2) is 0 Å². The molecule has 0 unspecified atom stereocenters. The van der Waals surface area contributed by atoms with E-state index in [2.05, 4.69) is 15.5 Å². The SMILES string of the molecule is COc1ccc(-c2c(C#N)n(CCN3CCOCC3)c3cc(OC)c(OC)cc23)cc1. The molecule has 0 aliphatic carbocycles. The summed E-state index contributed by atoms with van der Waals surface area (Å²) in [5.74, 6) is 2.06. The zero-order chi connectivity index (χ0) is 21.8. The largest absolute Gasteiger partial charge is 0.497 e. The molecule has 2 aromatic carbocycles. The highest BCUT2D eigenvalue weighted by Gasteiger charge is 2.22. The molecule has 0 bridgehead atoms. The minimum Gasteiger partial charge on any atom is -0.497 e. The van der Waals surface area contributed by atoms with Crippen LogP contribution in [0.4, 0.5) is 0 Å². The zero-order valence-electron chi connectivity index (χ0n) is 18.2. The topological polar surface area (TPSA) is 68.9 Å². The van der Waals surface area contributed by atoms with Crippen molar-refractivity contribution >= 4 is 10.9 Å². The van der Waals surface area contributed by atoms with Gasteiger partial charge in [0.15, 0.2) is 11.5 Å². The summed E-state index contributed by atoms with van der Waals surface area (Å²) in [6.07, 6.45) is 0. The minimum absolute atomic E-state index is 0.628. The molecule has 3 aromatic rings. The lowest BCUT2D eigenvalue weighted by molar-refractivity contribution is 0.0365. The fourth-order valence-electron chi connectivity index (χ4n) is 4.14. The number of aromatic nitrogens is 1. The van der Waals surface area contributed by atoms with Crippen LogP contribution in [0.3, 0.4) is 0 Å². The van der Waals surface area contributed by atoms with Crippen LogP contribution in [0.2, 0.25) is 0 Å². The van der Waals surface area contributed by atoms with Crippen LogP contribution >= 0.6 is 0 Å². The van der Waals surface area contributed by atoms with Crippen molar-refractivity contribution in [3.8, 4) is 34.4 Å². The maximum Gasteiger partial charge on any atom is 0.162 e. The first-order valence-electron chi connectivity index (χ1n) is 10.3. The van der Waals surface area contributed by atoms with Gasteiger partial charge in [0.1, 0.15) is 17.5 Å². The van der Waals surface area contributed by atoms with Gasteiger partial charge in [0.05, 0.1) is 40.1 Å². The fraction of sp³-hybridized carbons (Fsp3) is 0.375. The van der Waals surface area contributed by atoms with E-state index in [1.54, 1.807) is 21.3 Å². The lowest BCUT2D eigenvalue weighted by Crippen LogP contribution is -2.38. The molecule has 1 aliphatic heterocycles. The summed E-state index contributed by atoms with van der Waals surface area (Å²) in [6, 6.07) is 14.2. The number of hydrogen-bond donors (Lipinski definition) is 0. The predicted molar refractivity (Wildman–Crippen MR) is 119 cm³/mol. The standard InChI is InChI=1S/C24H27N3O4/c1-28-18-6-4-17(5-7-18)24-19-14-22(29-2)23(30-3)15-20(19)27(21(24)16-25)9-8-26-10-12-31-13-11-26/h4-7,14-15H,8-13H2,1-3H3. The van der Waals surface area contributed by atoms with Gasteiger partial charge in [0.2, 0.25) is 0 Å². The summed E-state index contributed by atoms with van der Waals surface area (Å²) in [5.41, 5.74) is 3.43. The van der Waals surface area contributed by atoms with E-state index in [4.69, 9.17) is 18.9 Å². The quantitative estimate of drug-likeness (QED) is 0.581. The smallest absolute Gasteiger partial charge is 0.162 e. The normalized spacial score (nSPS) is 14.4. The first-order chi connectivity index (χ1) is 15.2. The number of fused-ring (bicyclic) bond motifs is 1. The highest BCUT2D eigenvalue weighted by Crippen LogP contribution is 2.41. The number of methoxy groups -OCH3 is 3. The van der Waals surface area contributed by atoms with Gasteiger partial charge < -0.3 is 23.5 Å². The van der Waals surface area contributed by atoms with Crippen molar-refractivity contribution in [3.63, 3.8) is 0 Å². The summed E-state index contributed by atoms with van der Waals surface area (Å²) in [5, 5.41) is 11.1. The van der Waals surface area contributed by atoms with Crippen molar-refractivity contribution < 1.29 is 18.9 Å².